The van der Waals surface area contributed by atoms with E-state index in [1.54, 1.807) is 24.3 Å². The molecule has 0 atom stereocenters. The van der Waals surface area contributed by atoms with Crippen molar-refractivity contribution in [1.29, 1.82) is 0 Å². The molecule has 1 aliphatic carbocycles. The van der Waals surface area contributed by atoms with Gasteiger partial charge in [-0.05, 0) is 53.4 Å². The lowest BCUT2D eigenvalue weighted by atomic mass is 10.2. The van der Waals surface area contributed by atoms with Crippen LogP contribution in [0.15, 0.2) is 33.3 Å². The van der Waals surface area contributed by atoms with Crippen LogP contribution in [-0.4, -0.2) is 23.5 Å². The first-order valence-electron chi connectivity index (χ1n) is 7.94. The topological polar surface area (TPSA) is 84.2 Å². The second-order valence-corrected chi connectivity index (χ2v) is 6.65. The number of carbonyl (C=O) groups is 2. The Morgan fingerprint density at radius 1 is 1.29 bits per heavy atom. The zero-order chi connectivity index (χ0) is 17.1. The van der Waals surface area contributed by atoms with Gasteiger partial charge in [-0.3, -0.25) is 9.59 Å². The number of halogens is 1. The van der Waals surface area contributed by atoms with Gasteiger partial charge in [0.05, 0.1) is 5.56 Å². The first kappa shape index (κ1) is 16.7. The van der Waals surface area contributed by atoms with E-state index in [0.717, 1.165) is 25.0 Å². The minimum atomic E-state index is -0.333. The summed E-state index contributed by atoms with van der Waals surface area (Å²) in [6, 6.07) is 6.74. The summed E-state index contributed by atoms with van der Waals surface area (Å²) in [4.78, 5) is 24.2. The van der Waals surface area contributed by atoms with Crippen molar-refractivity contribution < 1.29 is 14.1 Å². The van der Waals surface area contributed by atoms with Crippen LogP contribution >= 0.6 is 15.9 Å². The molecule has 2 aromatic rings. The van der Waals surface area contributed by atoms with Crippen LogP contribution in [-0.2, 0) is 0 Å². The van der Waals surface area contributed by atoms with Crippen LogP contribution in [0.4, 0.5) is 5.69 Å². The van der Waals surface area contributed by atoms with E-state index in [1.807, 2.05) is 6.92 Å². The van der Waals surface area contributed by atoms with E-state index in [2.05, 4.69) is 31.7 Å². The smallest absolute Gasteiger partial charge is 0.277 e. The number of rotatable bonds is 6. The fourth-order valence-corrected chi connectivity index (χ4v) is 2.82. The summed E-state index contributed by atoms with van der Waals surface area (Å²) < 4.78 is 5.80. The second-order valence-electron chi connectivity index (χ2n) is 5.79. The van der Waals surface area contributed by atoms with Gasteiger partial charge >= 0.3 is 0 Å². The second kappa shape index (κ2) is 7.17. The van der Waals surface area contributed by atoms with E-state index in [-0.39, 0.29) is 17.5 Å². The third-order valence-electron chi connectivity index (χ3n) is 3.75. The van der Waals surface area contributed by atoms with E-state index < -0.39 is 0 Å². The molecule has 6 nitrogen and oxygen atoms in total. The average molecular weight is 392 g/mol. The minimum absolute atomic E-state index is 0.146. The zero-order valence-electron chi connectivity index (χ0n) is 13.3. The van der Waals surface area contributed by atoms with Crippen LogP contribution < -0.4 is 10.6 Å². The van der Waals surface area contributed by atoms with Crippen molar-refractivity contribution in [3.63, 3.8) is 0 Å². The van der Waals surface area contributed by atoms with Crippen molar-refractivity contribution in [1.82, 2.24) is 10.5 Å². The fourth-order valence-electron chi connectivity index (χ4n) is 2.26. The predicted molar refractivity (Wildman–Crippen MR) is 93.2 cm³/mol. The SMILES string of the molecule is CCCNC(=O)c1ccc(NC(=O)c2cc(C3CC3)on2)cc1Br. The molecule has 3 rings (SSSR count). The van der Waals surface area contributed by atoms with Crippen molar-refractivity contribution in [2.24, 2.45) is 0 Å². The molecule has 0 bridgehead atoms. The fraction of sp³-hybridized carbons (Fsp3) is 0.353. The number of benzene rings is 1. The highest BCUT2D eigenvalue weighted by Gasteiger charge is 2.28. The number of amides is 2. The summed E-state index contributed by atoms with van der Waals surface area (Å²) in [7, 11) is 0. The summed E-state index contributed by atoms with van der Waals surface area (Å²) in [6.45, 7) is 2.62. The Kier molecular flexibility index (Phi) is 4.99. The van der Waals surface area contributed by atoms with Crippen LogP contribution in [0, 0.1) is 0 Å². The molecule has 0 unspecified atom stereocenters. The Hall–Kier alpha value is -2.15. The lowest BCUT2D eigenvalue weighted by molar-refractivity contribution is 0.0952. The maximum Gasteiger partial charge on any atom is 0.277 e. The molecular formula is C17H18BrN3O3. The molecule has 126 valence electrons. The molecule has 1 saturated carbocycles. The molecule has 0 radical (unpaired) electrons. The molecular weight excluding hydrogens is 374 g/mol. The Morgan fingerprint density at radius 3 is 2.75 bits per heavy atom. The van der Waals surface area contributed by atoms with E-state index in [9.17, 15) is 9.59 Å². The number of nitrogens with one attached hydrogen (secondary N) is 2. The molecule has 1 aromatic heterocycles. The Labute approximate surface area is 148 Å². The monoisotopic (exact) mass is 391 g/mol. The van der Waals surface area contributed by atoms with Gasteiger partial charge in [-0.1, -0.05) is 12.1 Å². The standard InChI is InChI=1S/C17H18BrN3O3/c1-2-7-19-16(22)12-6-5-11(8-13(12)18)20-17(23)14-9-15(24-21-14)10-3-4-10/h5-6,8-10H,2-4,7H2,1H3,(H,19,22)(H,20,23). The third-order valence-corrected chi connectivity index (χ3v) is 4.40. The van der Waals surface area contributed by atoms with E-state index in [1.165, 1.54) is 0 Å². The summed E-state index contributed by atoms with van der Waals surface area (Å²) in [5.74, 6) is 0.700. The molecule has 24 heavy (non-hydrogen) atoms. The molecule has 2 amide bonds. The number of hydrogen-bond acceptors (Lipinski definition) is 4. The van der Waals surface area contributed by atoms with Crippen LogP contribution in [0.1, 0.15) is 58.7 Å². The number of anilines is 1. The first-order valence-corrected chi connectivity index (χ1v) is 8.73. The molecule has 0 aliphatic heterocycles. The Morgan fingerprint density at radius 2 is 2.08 bits per heavy atom. The van der Waals surface area contributed by atoms with Gasteiger partial charge in [0.1, 0.15) is 5.76 Å². The van der Waals surface area contributed by atoms with Gasteiger partial charge < -0.3 is 15.2 Å². The van der Waals surface area contributed by atoms with Crippen LogP contribution in [0.2, 0.25) is 0 Å². The van der Waals surface area contributed by atoms with Gasteiger partial charge in [0, 0.05) is 28.7 Å². The quantitative estimate of drug-likeness (QED) is 0.785. The van der Waals surface area contributed by atoms with Gasteiger partial charge in [-0.15, -0.1) is 0 Å². The van der Waals surface area contributed by atoms with Crippen LogP contribution in [0.5, 0.6) is 0 Å². The number of carbonyl (C=O) groups excluding carboxylic acids is 2. The highest BCUT2D eigenvalue weighted by atomic mass is 79.9. The van der Waals surface area contributed by atoms with Gasteiger partial charge in [-0.25, -0.2) is 0 Å². The van der Waals surface area contributed by atoms with Crippen LogP contribution in [0.25, 0.3) is 0 Å². The predicted octanol–water partition coefficient (Wildman–Crippen LogP) is 3.71. The summed E-state index contributed by atoms with van der Waals surface area (Å²) >= 11 is 3.37. The number of hydrogen-bond donors (Lipinski definition) is 2. The lowest BCUT2D eigenvalue weighted by Crippen LogP contribution is -2.24. The number of aromatic nitrogens is 1. The van der Waals surface area contributed by atoms with Crippen molar-refractivity contribution in [2.75, 3.05) is 11.9 Å². The minimum Gasteiger partial charge on any atom is -0.360 e. The van der Waals surface area contributed by atoms with Crippen molar-refractivity contribution in [2.45, 2.75) is 32.1 Å². The molecule has 1 fully saturated rings. The van der Waals surface area contributed by atoms with E-state index in [0.29, 0.717) is 28.2 Å². The molecule has 0 spiro atoms. The molecule has 1 aromatic carbocycles. The summed E-state index contributed by atoms with van der Waals surface area (Å²) in [6.07, 6.45) is 3.05. The molecule has 1 heterocycles. The summed E-state index contributed by atoms with van der Waals surface area (Å²) in [5, 5.41) is 9.39. The maximum absolute atomic E-state index is 12.2. The van der Waals surface area contributed by atoms with Gasteiger partial charge in [0.15, 0.2) is 5.69 Å². The van der Waals surface area contributed by atoms with Crippen molar-refractivity contribution in [3.8, 4) is 0 Å². The lowest BCUT2D eigenvalue weighted by Gasteiger charge is -2.08. The van der Waals surface area contributed by atoms with E-state index in [4.69, 9.17) is 4.52 Å². The average Bonchev–Trinajstić information content (AvgIpc) is 3.29. The Bertz CT molecular complexity index is 768. The molecule has 0 saturated heterocycles. The zero-order valence-corrected chi connectivity index (χ0v) is 14.9. The Balaban J connectivity index is 1.67. The molecule has 1 aliphatic rings. The highest BCUT2D eigenvalue weighted by molar-refractivity contribution is 9.10. The van der Waals surface area contributed by atoms with Crippen molar-refractivity contribution >= 4 is 33.4 Å². The van der Waals surface area contributed by atoms with Gasteiger partial charge in [0.2, 0.25) is 0 Å². The first-order chi connectivity index (χ1) is 11.6. The molecule has 7 heteroatoms. The summed E-state index contributed by atoms with van der Waals surface area (Å²) in [5.41, 5.74) is 1.37. The maximum atomic E-state index is 12.2. The normalized spacial score (nSPS) is 13.6. The molecule has 2 N–H and O–H groups in total. The third kappa shape index (κ3) is 3.84. The van der Waals surface area contributed by atoms with Gasteiger partial charge in [-0.2, -0.15) is 0 Å². The van der Waals surface area contributed by atoms with Crippen LogP contribution in [0.3, 0.4) is 0 Å². The number of nitrogens with zero attached hydrogens (tertiary/aromatic N) is 1. The highest BCUT2D eigenvalue weighted by Crippen LogP contribution is 2.40. The van der Waals surface area contributed by atoms with E-state index >= 15 is 0 Å². The van der Waals surface area contributed by atoms with Crippen molar-refractivity contribution in [3.05, 3.63) is 45.8 Å². The van der Waals surface area contributed by atoms with Gasteiger partial charge in [0.25, 0.3) is 11.8 Å². The largest absolute Gasteiger partial charge is 0.360 e.